The number of hydrogen-bond acceptors (Lipinski definition) is 4. The van der Waals surface area contributed by atoms with Gasteiger partial charge in [-0.1, -0.05) is 129 Å². The Morgan fingerprint density at radius 1 is 0.472 bits per heavy atom. The molecule has 0 N–H and O–H groups in total. The smallest absolute Gasteiger partial charge is 0.306 e. The zero-order valence-electron chi connectivity index (χ0n) is 24.6. The average molecular weight is 511 g/mol. The van der Waals surface area contributed by atoms with E-state index < -0.39 is 0 Å². The van der Waals surface area contributed by atoms with Crippen molar-refractivity contribution in [1.29, 1.82) is 0 Å². The summed E-state index contributed by atoms with van der Waals surface area (Å²) >= 11 is 0. The highest BCUT2D eigenvalue weighted by atomic mass is 16.5. The van der Waals surface area contributed by atoms with Crippen molar-refractivity contribution >= 4 is 11.9 Å². The van der Waals surface area contributed by atoms with E-state index in [4.69, 9.17) is 9.47 Å². The fourth-order valence-corrected chi connectivity index (χ4v) is 4.87. The number of rotatable bonds is 28. The Hall–Kier alpha value is -1.06. The molecule has 1 unspecified atom stereocenters. The van der Waals surface area contributed by atoms with Gasteiger partial charge in [-0.25, -0.2) is 0 Å². The molecule has 0 bridgehead atoms. The lowest BCUT2D eigenvalue weighted by molar-refractivity contribution is -0.150. The van der Waals surface area contributed by atoms with E-state index in [2.05, 4.69) is 13.8 Å². The lowest BCUT2D eigenvalue weighted by Gasteiger charge is -2.18. The van der Waals surface area contributed by atoms with Crippen molar-refractivity contribution in [3.63, 3.8) is 0 Å². The van der Waals surface area contributed by atoms with Gasteiger partial charge in [0.15, 0.2) is 0 Å². The minimum atomic E-state index is -0.113. The second kappa shape index (κ2) is 28.5. The van der Waals surface area contributed by atoms with Gasteiger partial charge in [-0.15, -0.1) is 0 Å². The molecule has 214 valence electrons. The van der Waals surface area contributed by atoms with Crippen LogP contribution in [0.25, 0.3) is 0 Å². The highest BCUT2D eigenvalue weighted by molar-refractivity contribution is 5.69. The second-order valence-electron chi connectivity index (χ2n) is 10.8. The van der Waals surface area contributed by atoms with Crippen molar-refractivity contribution in [1.82, 2.24) is 0 Å². The molecule has 0 spiro atoms. The molecule has 0 saturated heterocycles. The zero-order valence-corrected chi connectivity index (χ0v) is 24.6. The summed E-state index contributed by atoms with van der Waals surface area (Å²) in [6.07, 6.45) is 30.6. The lowest BCUT2D eigenvalue weighted by atomic mass is 10.0. The molecule has 36 heavy (non-hydrogen) atoms. The standard InChI is InChI=1S/C32H62O4/c1-4-6-8-10-11-12-13-14-15-16-17-20-25-29-32(34)36-30(26-22-9-7-5-2)27-23-19-18-21-24-28-31(33)35-3/h30H,4-29H2,1-3H3. The van der Waals surface area contributed by atoms with Crippen molar-refractivity contribution in [2.75, 3.05) is 7.11 Å². The number of ether oxygens (including phenoxy) is 2. The monoisotopic (exact) mass is 510 g/mol. The van der Waals surface area contributed by atoms with Gasteiger partial charge in [-0.2, -0.15) is 0 Å². The number of carbonyl (C=O) groups is 2. The molecule has 0 saturated carbocycles. The van der Waals surface area contributed by atoms with Gasteiger partial charge in [0.05, 0.1) is 7.11 Å². The first-order valence-electron chi connectivity index (χ1n) is 15.9. The topological polar surface area (TPSA) is 52.6 Å². The van der Waals surface area contributed by atoms with E-state index in [0.29, 0.717) is 12.8 Å². The fourth-order valence-electron chi connectivity index (χ4n) is 4.87. The molecular weight excluding hydrogens is 448 g/mol. The number of unbranched alkanes of at least 4 members (excludes halogenated alkanes) is 19. The third-order valence-corrected chi connectivity index (χ3v) is 7.30. The molecule has 0 radical (unpaired) electrons. The number of esters is 2. The maximum atomic E-state index is 12.4. The number of hydrogen-bond donors (Lipinski definition) is 0. The Bertz CT molecular complexity index is 477. The number of carbonyl (C=O) groups excluding carboxylic acids is 2. The Balaban J connectivity index is 3.83. The average Bonchev–Trinajstić information content (AvgIpc) is 2.88. The fraction of sp³-hybridized carbons (Fsp3) is 0.938. The quantitative estimate of drug-likeness (QED) is 0.0775. The first-order chi connectivity index (χ1) is 17.6. The third kappa shape index (κ3) is 26.0. The van der Waals surface area contributed by atoms with Crippen LogP contribution < -0.4 is 0 Å². The molecule has 0 aromatic carbocycles. The van der Waals surface area contributed by atoms with E-state index in [1.807, 2.05) is 0 Å². The normalized spacial score (nSPS) is 12.0. The predicted molar refractivity (Wildman–Crippen MR) is 153 cm³/mol. The summed E-state index contributed by atoms with van der Waals surface area (Å²) in [5, 5.41) is 0. The van der Waals surface area contributed by atoms with E-state index >= 15 is 0 Å². The summed E-state index contributed by atoms with van der Waals surface area (Å²) in [5.41, 5.74) is 0. The van der Waals surface area contributed by atoms with Crippen molar-refractivity contribution in [3.05, 3.63) is 0 Å². The minimum Gasteiger partial charge on any atom is -0.469 e. The van der Waals surface area contributed by atoms with Crippen LogP contribution in [-0.4, -0.2) is 25.2 Å². The van der Waals surface area contributed by atoms with Crippen LogP contribution in [0.1, 0.15) is 181 Å². The van der Waals surface area contributed by atoms with Gasteiger partial charge >= 0.3 is 11.9 Å². The van der Waals surface area contributed by atoms with Crippen LogP contribution in [0.5, 0.6) is 0 Å². The van der Waals surface area contributed by atoms with E-state index in [0.717, 1.165) is 64.2 Å². The summed E-state index contributed by atoms with van der Waals surface area (Å²) in [5.74, 6) is -0.103. The van der Waals surface area contributed by atoms with Crippen molar-refractivity contribution in [3.8, 4) is 0 Å². The molecule has 0 amide bonds. The minimum absolute atomic E-state index is 0.0108. The molecule has 0 fully saturated rings. The van der Waals surface area contributed by atoms with E-state index in [9.17, 15) is 9.59 Å². The molecule has 1 atom stereocenters. The first kappa shape index (κ1) is 34.9. The van der Waals surface area contributed by atoms with Gasteiger partial charge in [0.25, 0.3) is 0 Å². The van der Waals surface area contributed by atoms with Gasteiger partial charge in [-0.3, -0.25) is 9.59 Å². The molecule has 4 heteroatoms. The summed E-state index contributed by atoms with van der Waals surface area (Å²) < 4.78 is 10.6. The first-order valence-corrected chi connectivity index (χ1v) is 15.9. The maximum Gasteiger partial charge on any atom is 0.306 e. The van der Waals surface area contributed by atoms with Crippen LogP contribution in [0.15, 0.2) is 0 Å². The van der Waals surface area contributed by atoms with Gasteiger partial charge in [0, 0.05) is 12.8 Å². The van der Waals surface area contributed by atoms with Crippen LogP contribution in [0, 0.1) is 0 Å². The van der Waals surface area contributed by atoms with Crippen molar-refractivity contribution in [2.45, 2.75) is 187 Å². The Kier molecular flexibility index (Phi) is 27.7. The Morgan fingerprint density at radius 2 is 0.806 bits per heavy atom. The van der Waals surface area contributed by atoms with Crippen LogP contribution >= 0.6 is 0 Å². The van der Waals surface area contributed by atoms with Crippen molar-refractivity contribution in [2.24, 2.45) is 0 Å². The van der Waals surface area contributed by atoms with Gasteiger partial charge in [0.1, 0.15) is 6.10 Å². The molecule has 0 aliphatic rings. The molecule has 0 aliphatic carbocycles. The summed E-state index contributed by atoms with van der Waals surface area (Å²) in [7, 11) is 1.45. The Labute approximate surface area is 225 Å². The van der Waals surface area contributed by atoms with Gasteiger partial charge in [-0.05, 0) is 38.5 Å². The van der Waals surface area contributed by atoms with E-state index in [1.165, 1.54) is 97.0 Å². The summed E-state index contributed by atoms with van der Waals surface area (Å²) in [6.45, 7) is 4.51. The zero-order chi connectivity index (χ0) is 26.5. The Morgan fingerprint density at radius 3 is 1.22 bits per heavy atom. The van der Waals surface area contributed by atoms with E-state index in [-0.39, 0.29) is 18.0 Å². The summed E-state index contributed by atoms with van der Waals surface area (Å²) in [4.78, 5) is 23.6. The molecule has 0 heterocycles. The molecule has 4 nitrogen and oxygen atoms in total. The van der Waals surface area contributed by atoms with Gasteiger partial charge in [0.2, 0.25) is 0 Å². The molecule has 0 rings (SSSR count). The molecule has 0 aromatic rings. The van der Waals surface area contributed by atoms with Gasteiger partial charge < -0.3 is 9.47 Å². The van der Waals surface area contributed by atoms with E-state index in [1.54, 1.807) is 0 Å². The lowest BCUT2D eigenvalue weighted by Crippen LogP contribution is -2.18. The number of methoxy groups -OCH3 is 1. The molecular formula is C32H62O4. The molecule has 0 aliphatic heterocycles. The van der Waals surface area contributed by atoms with Crippen LogP contribution in [0.2, 0.25) is 0 Å². The predicted octanol–water partition coefficient (Wildman–Crippen LogP) is 10.3. The summed E-state index contributed by atoms with van der Waals surface area (Å²) in [6, 6.07) is 0. The van der Waals surface area contributed by atoms with Crippen LogP contribution in [-0.2, 0) is 19.1 Å². The second-order valence-corrected chi connectivity index (χ2v) is 10.8. The third-order valence-electron chi connectivity index (χ3n) is 7.30. The maximum absolute atomic E-state index is 12.4. The van der Waals surface area contributed by atoms with Crippen LogP contribution in [0.3, 0.4) is 0 Å². The van der Waals surface area contributed by atoms with Crippen LogP contribution in [0.4, 0.5) is 0 Å². The SMILES string of the molecule is CCCCCCCCCCCCCCCC(=O)OC(CCCCCC)CCCCCCCC(=O)OC. The van der Waals surface area contributed by atoms with Crippen molar-refractivity contribution < 1.29 is 19.1 Å². The largest absolute Gasteiger partial charge is 0.469 e. The highest BCUT2D eigenvalue weighted by Gasteiger charge is 2.14. The molecule has 0 aromatic heterocycles. The highest BCUT2D eigenvalue weighted by Crippen LogP contribution is 2.18.